The average Bonchev–Trinajstić information content (AvgIpc) is 2.56. The van der Waals surface area contributed by atoms with Crippen molar-refractivity contribution < 1.29 is 4.79 Å². The minimum atomic E-state index is -0.392. The van der Waals surface area contributed by atoms with Crippen molar-refractivity contribution in [3.8, 4) is 0 Å². The summed E-state index contributed by atoms with van der Waals surface area (Å²) in [6, 6.07) is 5.87. The van der Waals surface area contributed by atoms with Gasteiger partial charge in [0.1, 0.15) is 0 Å². The second-order valence-corrected chi connectivity index (χ2v) is 6.29. The molecule has 0 radical (unpaired) electrons. The number of aromatic nitrogens is 1. The predicted molar refractivity (Wildman–Crippen MR) is 95.4 cm³/mol. The summed E-state index contributed by atoms with van der Waals surface area (Å²) in [5.41, 5.74) is 7.09. The number of likely N-dealkylation sites (tertiary alicyclic amines) is 1. The molecular formula is C17H29ClN4O. The van der Waals surface area contributed by atoms with Crippen molar-refractivity contribution in [2.45, 2.75) is 51.7 Å². The molecule has 1 fully saturated rings. The maximum absolute atomic E-state index is 12.1. The molecular weight excluding hydrogens is 312 g/mol. The topological polar surface area (TPSA) is 71.2 Å². The highest BCUT2D eigenvalue weighted by atomic mass is 35.5. The zero-order valence-corrected chi connectivity index (χ0v) is 14.9. The summed E-state index contributed by atoms with van der Waals surface area (Å²) in [6.07, 6.45) is 4.72. The number of carbonyl (C=O) groups is 1. The zero-order valence-electron chi connectivity index (χ0n) is 14.1. The lowest BCUT2D eigenvalue weighted by Crippen LogP contribution is -2.51. The molecule has 5 nitrogen and oxygen atoms in total. The van der Waals surface area contributed by atoms with E-state index in [1.807, 2.05) is 25.3 Å². The minimum absolute atomic E-state index is 0. The second-order valence-electron chi connectivity index (χ2n) is 6.29. The van der Waals surface area contributed by atoms with E-state index in [0.717, 1.165) is 44.6 Å². The highest BCUT2D eigenvalue weighted by Crippen LogP contribution is 2.14. The van der Waals surface area contributed by atoms with E-state index in [-0.39, 0.29) is 30.3 Å². The van der Waals surface area contributed by atoms with Crippen LogP contribution in [0.5, 0.6) is 0 Å². The molecule has 0 aliphatic carbocycles. The largest absolute Gasteiger partial charge is 0.352 e. The Labute approximate surface area is 145 Å². The summed E-state index contributed by atoms with van der Waals surface area (Å²) in [5.74, 6) is 0.224. The lowest BCUT2D eigenvalue weighted by atomic mass is 9.98. The van der Waals surface area contributed by atoms with Crippen molar-refractivity contribution in [3.05, 3.63) is 30.1 Å². The van der Waals surface area contributed by atoms with Crippen LogP contribution in [0.2, 0.25) is 0 Å². The first-order valence-corrected chi connectivity index (χ1v) is 8.28. The summed E-state index contributed by atoms with van der Waals surface area (Å²) < 4.78 is 0. The first kappa shape index (κ1) is 19.9. The van der Waals surface area contributed by atoms with Gasteiger partial charge in [-0.2, -0.15) is 0 Å². The van der Waals surface area contributed by atoms with Gasteiger partial charge in [0.05, 0.1) is 11.7 Å². The van der Waals surface area contributed by atoms with Gasteiger partial charge in [-0.05, 0) is 30.9 Å². The maximum Gasteiger partial charge on any atom is 0.237 e. The molecule has 1 amide bonds. The van der Waals surface area contributed by atoms with Gasteiger partial charge in [0.2, 0.25) is 5.91 Å². The highest BCUT2D eigenvalue weighted by molar-refractivity contribution is 5.85. The van der Waals surface area contributed by atoms with E-state index in [1.165, 1.54) is 0 Å². The van der Waals surface area contributed by atoms with Gasteiger partial charge < -0.3 is 11.1 Å². The number of carbonyl (C=O) groups excluding carboxylic acids is 1. The Morgan fingerprint density at radius 3 is 2.70 bits per heavy atom. The summed E-state index contributed by atoms with van der Waals surface area (Å²) >= 11 is 0. The van der Waals surface area contributed by atoms with Gasteiger partial charge in [-0.15, -0.1) is 12.4 Å². The number of nitrogens with two attached hydrogens (primary N) is 1. The standard InChI is InChI=1S/C17H28N4O.ClH/c1-3-13(2)16(18)17(22)20-14-7-10-21(11-8-14)12-15-6-4-5-9-19-15;/h4-6,9,13-14,16H,3,7-8,10-12,18H2,1-2H3,(H,20,22);1H. The smallest absolute Gasteiger partial charge is 0.237 e. The van der Waals surface area contributed by atoms with E-state index in [1.54, 1.807) is 0 Å². The quantitative estimate of drug-likeness (QED) is 0.830. The number of nitrogens with one attached hydrogen (secondary N) is 1. The predicted octanol–water partition coefficient (Wildman–Crippen LogP) is 1.96. The van der Waals surface area contributed by atoms with Crippen LogP contribution in [-0.4, -0.2) is 41.0 Å². The van der Waals surface area contributed by atoms with Gasteiger partial charge in [-0.3, -0.25) is 14.7 Å². The third-order valence-corrected chi connectivity index (χ3v) is 4.61. The van der Waals surface area contributed by atoms with Crippen LogP contribution in [0.1, 0.15) is 38.8 Å². The normalized spacial score (nSPS) is 18.7. The van der Waals surface area contributed by atoms with Crippen LogP contribution in [0, 0.1) is 5.92 Å². The van der Waals surface area contributed by atoms with Crippen LogP contribution in [-0.2, 0) is 11.3 Å². The first-order valence-electron chi connectivity index (χ1n) is 8.28. The monoisotopic (exact) mass is 340 g/mol. The van der Waals surface area contributed by atoms with E-state index < -0.39 is 6.04 Å². The molecule has 2 atom stereocenters. The molecule has 23 heavy (non-hydrogen) atoms. The fourth-order valence-electron chi connectivity index (χ4n) is 2.77. The Balaban J connectivity index is 0.00000264. The number of piperidine rings is 1. The van der Waals surface area contributed by atoms with Crippen LogP contribution >= 0.6 is 12.4 Å². The number of hydrogen-bond acceptors (Lipinski definition) is 4. The van der Waals surface area contributed by atoms with Crippen LogP contribution in [0.25, 0.3) is 0 Å². The lowest BCUT2D eigenvalue weighted by molar-refractivity contribution is -0.124. The van der Waals surface area contributed by atoms with Gasteiger partial charge >= 0.3 is 0 Å². The molecule has 2 rings (SSSR count). The molecule has 1 aromatic rings. The SMILES string of the molecule is CCC(C)C(N)C(=O)NC1CCN(Cc2ccccn2)CC1.Cl. The second kappa shape index (κ2) is 9.85. The Morgan fingerprint density at radius 1 is 1.43 bits per heavy atom. The van der Waals surface area contributed by atoms with Gasteiger partial charge in [-0.25, -0.2) is 0 Å². The number of halogens is 1. The highest BCUT2D eigenvalue weighted by Gasteiger charge is 2.25. The van der Waals surface area contributed by atoms with E-state index in [4.69, 9.17) is 5.73 Å². The number of hydrogen-bond donors (Lipinski definition) is 2. The van der Waals surface area contributed by atoms with Crippen LogP contribution < -0.4 is 11.1 Å². The average molecular weight is 341 g/mol. The summed E-state index contributed by atoms with van der Waals surface area (Å²) in [6.45, 7) is 6.95. The van der Waals surface area contributed by atoms with Crippen molar-refractivity contribution in [1.29, 1.82) is 0 Å². The molecule has 0 bridgehead atoms. The van der Waals surface area contributed by atoms with Crippen molar-refractivity contribution in [2.75, 3.05) is 13.1 Å². The number of pyridine rings is 1. The minimum Gasteiger partial charge on any atom is -0.352 e. The third-order valence-electron chi connectivity index (χ3n) is 4.61. The van der Waals surface area contributed by atoms with E-state index in [0.29, 0.717) is 0 Å². The Bertz CT molecular complexity index is 463. The van der Waals surface area contributed by atoms with Crippen LogP contribution in [0.15, 0.2) is 24.4 Å². The van der Waals surface area contributed by atoms with E-state index in [9.17, 15) is 4.79 Å². The summed E-state index contributed by atoms with van der Waals surface area (Å²) in [7, 11) is 0. The molecule has 1 aromatic heterocycles. The van der Waals surface area contributed by atoms with Crippen LogP contribution in [0.3, 0.4) is 0 Å². The van der Waals surface area contributed by atoms with Gasteiger partial charge in [0.15, 0.2) is 0 Å². The molecule has 0 spiro atoms. The summed E-state index contributed by atoms with van der Waals surface area (Å²) in [5, 5.41) is 3.11. The van der Waals surface area contributed by atoms with Gasteiger partial charge in [0, 0.05) is 31.9 Å². The fraction of sp³-hybridized carbons (Fsp3) is 0.647. The molecule has 3 N–H and O–H groups in total. The third kappa shape index (κ3) is 6.09. The Kier molecular flexibility index (Phi) is 8.52. The molecule has 6 heteroatoms. The number of rotatable bonds is 6. The molecule has 1 aliphatic rings. The zero-order chi connectivity index (χ0) is 15.9. The van der Waals surface area contributed by atoms with Crippen molar-refractivity contribution in [2.24, 2.45) is 11.7 Å². The van der Waals surface area contributed by atoms with E-state index in [2.05, 4.69) is 28.2 Å². The molecule has 2 unspecified atom stereocenters. The van der Waals surface area contributed by atoms with Crippen molar-refractivity contribution in [3.63, 3.8) is 0 Å². The Morgan fingerprint density at radius 2 is 2.13 bits per heavy atom. The molecule has 2 heterocycles. The molecule has 1 saturated heterocycles. The number of nitrogens with zero attached hydrogens (tertiary/aromatic N) is 2. The van der Waals surface area contributed by atoms with Crippen LogP contribution in [0.4, 0.5) is 0 Å². The van der Waals surface area contributed by atoms with Crippen molar-refractivity contribution >= 4 is 18.3 Å². The number of amides is 1. The van der Waals surface area contributed by atoms with E-state index >= 15 is 0 Å². The van der Waals surface area contributed by atoms with Gasteiger partial charge in [-0.1, -0.05) is 26.3 Å². The lowest BCUT2D eigenvalue weighted by Gasteiger charge is -2.33. The molecule has 130 valence electrons. The Hall–Kier alpha value is -1.17. The molecule has 1 aliphatic heterocycles. The molecule has 0 aromatic carbocycles. The van der Waals surface area contributed by atoms with Crippen molar-refractivity contribution in [1.82, 2.24) is 15.2 Å². The maximum atomic E-state index is 12.1. The fourth-order valence-corrected chi connectivity index (χ4v) is 2.77. The molecule has 0 saturated carbocycles. The van der Waals surface area contributed by atoms with Gasteiger partial charge in [0.25, 0.3) is 0 Å². The summed E-state index contributed by atoms with van der Waals surface area (Å²) in [4.78, 5) is 18.9. The first-order chi connectivity index (χ1) is 10.6.